The first-order valence-corrected chi connectivity index (χ1v) is 13.8. The molecule has 0 radical (unpaired) electrons. The van der Waals surface area contributed by atoms with Gasteiger partial charge in [0, 0.05) is 31.7 Å². The van der Waals surface area contributed by atoms with E-state index in [0.29, 0.717) is 37.0 Å². The maximum absolute atomic E-state index is 13.5. The molecule has 4 aromatic rings. The molecule has 2 aliphatic rings. The first kappa shape index (κ1) is 26.0. The van der Waals surface area contributed by atoms with Crippen LogP contribution < -0.4 is 14.2 Å². The van der Waals surface area contributed by atoms with Gasteiger partial charge in [0.2, 0.25) is 0 Å². The van der Waals surface area contributed by atoms with Gasteiger partial charge >= 0.3 is 5.91 Å². The Balaban J connectivity index is 1.11. The molecule has 40 heavy (non-hydrogen) atoms. The van der Waals surface area contributed by atoms with E-state index < -0.39 is 0 Å². The number of aromatic nitrogens is 1. The average molecular weight is 540 g/mol. The summed E-state index contributed by atoms with van der Waals surface area (Å²) >= 11 is 0. The van der Waals surface area contributed by atoms with Crippen molar-refractivity contribution in [1.82, 2.24) is 14.8 Å². The van der Waals surface area contributed by atoms with E-state index in [2.05, 4.69) is 34.1 Å². The number of hydrogen-bond acceptors (Lipinski definition) is 7. The molecular formula is C32H33N3O5. The predicted molar refractivity (Wildman–Crippen MR) is 149 cm³/mol. The SMILES string of the molecule is O=C(c1ncco1)N(C[C@@H]1COc2ccc(OCc3ccccc3)cc2O1)C1CCN(Cc2ccccc2)CC1. The molecule has 1 fully saturated rings. The van der Waals surface area contributed by atoms with Crippen LogP contribution in [0.5, 0.6) is 17.2 Å². The van der Waals surface area contributed by atoms with E-state index in [1.54, 1.807) is 0 Å². The van der Waals surface area contributed by atoms with Crippen LogP contribution in [0.15, 0.2) is 95.7 Å². The van der Waals surface area contributed by atoms with E-state index in [1.165, 1.54) is 18.0 Å². The lowest BCUT2D eigenvalue weighted by molar-refractivity contribution is 0.0223. The number of likely N-dealkylation sites (tertiary alicyclic amines) is 1. The first-order valence-electron chi connectivity index (χ1n) is 13.8. The van der Waals surface area contributed by atoms with Crippen molar-refractivity contribution in [2.24, 2.45) is 0 Å². The number of ether oxygens (including phenoxy) is 3. The zero-order valence-corrected chi connectivity index (χ0v) is 22.4. The summed E-state index contributed by atoms with van der Waals surface area (Å²) < 4.78 is 23.8. The van der Waals surface area contributed by atoms with Crippen molar-refractivity contribution < 1.29 is 23.4 Å². The number of nitrogens with zero attached hydrogens (tertiary/aromatic N) is 3. The van der Waals surface area contributed by atoms with Crippen molar-refractivity contribution in [3.05, 3.63) is 108 Å². The van der Waals surface area contributed by atoms with E-state index >= 15 is 0 Å². The van der Waals surface area contributed by atoms with E-state index in [0.717, 1.165) is 38.0 Å². The van der Waals surface area contributed by atoms with Crippen LogP contribution in [0.25, 0.3) is 0 Å². The number of carbonyl (C=O) groups is 1. The largest absolute Gasteiger partial charge is 0.489 e. The number of fused-ring (bicyclic) bond motifs is 1. The van der Waals surface area contributed by atoms with Crippen LogP contribution in [0.1, 0.15) is 34.7 Å². The van der Waals surface area contributed by atoms with Gasteiger partial charge in [0.25, 0.3) is 5.89 Å². The number of oxazole rings is 1. The van der Waals surface area contributed by atoms with Gasteiger partial charge in [-0.15, -0.1) is 0 Å². The van der Waals surface area contributed by atoms with Gasteiger partial charge in [0.05, 0.1) is 12.7 Å². The first-order chi connectivity index (χ1) is 19.7. The molecule has 0 bridgehead atoms. The fourth-order valence-electron chi connectivity index (χ4n) is 5.32. The van der Waals surface area contributed by atoms with Gasteiger partial charge in [-0.2, -0.15) is 0 Å². The minimum Gasteiger partial charge on any atom is -0.489 e. The number of carbonyl (C=O) groups excluding carboxylic acids is 1. The highest BCUT2D eigenvalue weighted by molar-refractivity contribution is 5.89. The minimum atomic E-state index is -0.335. The smallest absolute Gasteiger partial charge is 0.310 e. The highest BCUT2D eigenvalue weighted by Gasteiger charge is 2.34. The number of rotatable bonds is 9. The van der Waals surface area contributed by atoms with Gasteiger partial charge in [0.1, 0.15) is 25.2 Å². The molecular weight excluding hydrogens is 506 g/mol. The molecule has 0 saturated carbocycles. The Hall–Kier alpha value is -4.30. The molecule has 1 atom stereocenters. The van der Waals surface area contributed by atoms with Crippen molar-refractivity contribution in [2.75, 3.05) is 26.2 Å². The topological polar surface area (TPSA) is 77.3 Å². The molecule has 2 aliphatic heterocycles. The second kappa shape index (κ2) is 12.3. The zero-order valence-electron chi connectivity index (χ0n) is 22.4. The summed E-state index contributed by atoms with van der Waals surface area (Å²) in [5.74, 6) is 1.86. The lowest BCUT2D eigenvalue weighted by Gasteiger charge is -2.40. The summed E-state index contributed by atoms with van der Waals surface area (Å²) in [6, 6.07) is 26.2. The average Bonchev–Trinajstić information content (AvgIpc) is 3.55. The van der Waals surface area contributed by atoms with Gasteiger partial charge in [-0.05, 0) is 36.1 Å². The molecule has 0 spiro atoms. The Labute approximate surface area is 234 Å². The van der Waals surface area contributed by atoms with E-state index in [1.807, 2.05) is 59.5 Å². The third-order valence-electron chi connectivity index (χ3n) is 7.41. The second-order valence-corrected chi connectivity index (χ2v) is 10.2. The molecule has 8 heteroatoms. The quantitative estimate of drug-likeness (QED) is 0.289. The Morgan fingerprint density at radius 2 is 1.70 bits per heavy atom. The normalized spacial score (nSPS) is 17.4. The molecule has 6 rings (SSSR count). The molecule has 3 heterocycles. The Morgan fingerprint density at radius 1 is 0.950 bits per heavy atom. The fourth-order valence-corrected chi connectivity index (χ4v) is 5.32. The zero-order chi connectivity index (χ0) is 27.1. The standard InChI is InChI=1S/C32H33N3O5/c36-32(31-33-15-18-37-31)35(26-13-16-34(17-14-26)20-24-7-3-1-4-8-24)21-28-23-39-29-12-11-27(19-30(29)40-28)38-22-25-9-5-2-6-10-25/h1-12,15,18-19,26,28H,13-14,16-17,20-23H2/t28-/m1/s1. The summed E-state index contributed by atoms with van der Waals surface area (Å²) in [5.41, 5.74) is 2.39. The van der Waals surface area contributed by atoms with Gasteiger partial charge in [0.15, 0.2) is 17.6 Å². The van der Waals surface area contributed by atoms with Gasteiger partial charge in [-0.25, -0.2) is 4.98 Å². The van der Waals surface area contributed by atoms with Crippen LogP contribution in [0.2, 0.25) is 0 Å². The highest BCUT2D eigenvalue weighted by Crippen LogP contribution is 2.36. The van der Waals surface area contributed by atoms with Gasteiger partial charge in [-0.3, -0.25) is 9.69 Å². The molecule has 3 aromatic carbocycles. The molecule has 8 nitrogen and oxygen atoms in total. The maximum Gasteiger partial charge on any atom is 0.310 e. The lowest BCUT2D eigenvalue weighted by Crippen LogP contribution is -2.52. The van der Waals surface area contributed by atoms with Crippen molar-refractivity contribution in [3.63, 3.8) is 0 Å². The summed E-state index contributed by atoms with van der Waals surface area (Å²) in [4.78, 5) is 21.9. The van der Waals surface area contributed by atoms with Crippen LogP contribution in [0.3, 0.4) is 0 Å². The minimum absolute atomic E-state index is 0.0527. The Bertz CT molecular complexity index is 1370. The number of amides is 1. The fraction of sp³-hybridized carbons (Fsp3) is 0.312. The molecule has 0 unspecified atom stereocenters. The third-order valence-corrected chi connectivity index (χ3v) is 7.41. The number of hydrogen-bond donors (Lipinski definition) is 0. The molecule has 1 saturated heterocycles. The Morgan fingerprint density at radius 3 is 2.42 bits per heavy atom. The van der Waals surface area contributed by atoms with E-state index in [9.17, 15) is 4.79 Å². The molecule has 206 valence electrons. The Kier molecular flexibility index (Phi) is 7.95. The number of piperidine rings is 1. The highest BCUT2D eigenvalue weighted by atomic mass is 16.6. The van der Waals surface area contributed by atoms with Crippen LogP contribution in [-0.2, 0) is 13.2 Å². The van der Waals surface area contributed by atoms with Crippen LogP contribution in [0, 0.1) is 0 Å². The van der Waals surface area contributed by atoms with Crippen LogP contribution in [-0.4, -0.2) is 59.1 Å². The van der Waals surface area contributed by atoms with E-state index in [4.69, 9.17) is 18.6 Å². The maximum atomic E-state index is 13.5. The molecule has 0 aliphatic carbocycles. The van der Waals surface area contributed by atoms with Crippen molar-refractivity contribution >= 4 is 5.91 Å². The van der Waals surface area contributed by atoms with Crippen molar-refractivity contribution in [3.8, 4) is 17.2 Å². The summed E-state index contributed by atoms with van der Waals surface area (Å²) in [6.45, 7) is 3.90. The number of benzene rings is 3. The molecule has 1 amide bonds. The van der Waals surface area contributed by atoms with Gasteiger partial charge in [-0.1, -0.05) is 60.7 Å². The summed E-state index contributed by atoms with van der Waals surface area (Å²) in [7, 11) is 0. The summed E-state index contributed by atoms with van der Waals surface area (Å²) in [5, 5.41) is 0. The third kappa shape index (κ3) is 6.29. The van der Waals surface area contributed by atoms with Crippen molar-refractivity contribution in [2.45, 2.75) is 38.1 Å². The second-order valence-electron chi connectivity index (χ2n) is 10.2. The van der Waals surface area contributed by atoms with Crippen LogP contribution >= 0.6 is 0 Å². The lowest BCUT2D eigenvalue weighted by atomic mass is 10.0. The summed E-state index contributed by atoms with van der Waals surface area (Å²) in [6.07, 6.45) is 4.32. The van der Waals surface area contributed by atoms with Gasteiger partial charge < -0.3 is 23.5 Å². The molecule has 0 N–H and O–H groups in total. The molecule has 1 aromatic heterocycles. The predicted octanol–water partition coefficient (Wildman–Crippen LogP) is 5.20. The van der Waals surface area contributed by atoms with Crippen LogP contribution in [0.4, 0.5) is 0 Å². The van der Waals surface area contributed by atoms with Crippen molar-refractivity contribution in [1.29, 1.82) is 0 Å². The van der Waals surface area contributed by atoms with E-state index in [-0.39, 0.29) is 23.9 Å². The monoisotopic (exact) mass is 539 g/mol.